The molecule has 0 radical (unpaired) electrons. The Hall–Kier alpha value is -2.04. The Morgan fingerprint density at radius 1 is 1.17 bits per heavy atom. The molecular formula is C13H13F2N3. The molecule has 0 saturated carbocycles. The first-order valence-corrected chi connectivity index (χ1v) is 5.57. The Balaban J connectivity index is 2.24. The highest BCUT2D eigenvalue weighted by Crippen LogP contribution is 2.22. The minimum atomic E-state index is -0.496. The summed E-state index contributed by atoms with van der Waals surface area (Å²) in [6, 6.07) is 3.04. The molecular weight excluding hydrogens is 236 g/mol. The first kappa shape index (κ1) is 12.4. The molecule has 1 atom stereocenters. The first-order chi connectivity index (χ1) is 8.58. The molecule has 0 spiro atoms. The van der Waals surface area contributed by atoms with E-state index in [1.54, 1.807) is 12.4 Å². The molecule has 5 heteroatoms. The predicted octanol–water partition coefficient (Wildman–Crippen LogP) is 3.24. The zero-order valence-electron chi connectivity index (χ0n) is 10.1. The topological polar surface area (TPSA) is 37.8 Å². The predicted molar refractivity (Wildman–Crippen MR) is 65.2 cm³/mol. The summed E-state index contributed by atoms with van der Waals surface area (Å²) in [5.74, 6) is -0.980. The average Bonchev–Trinajstić information content (AvgIpc) is 2.34. The molecule has 1 aromatic carbocycles. The molecule has 18 heavy (non-hydrogen) atoms. The molecule has 0 bridgehead atoms. The van der Waals surface area contributed by atoms with Crippen LogP contribution in [0.5, 0.6) is 0 Å². The summed E-state index contributed by atoms with van der Waals surface area (Å²) in [6.45, 7) is 3.64. The number of anilines is 1. The number of nitrogens with one attached hydrogen (secondary N) is 1. The van der Waals surface area contributed by atoms with Crippen LogP contribution in [0.2, 0.25) is 0 Å². The molecule has 1 aromatic heterocycles. The van der Waals surface area contributed by atoms with Gasteiger partial charge in [-0.25, -0.2) is 8.78 Å². The van der Waals surface area contributed by atoms with E-state index in [-0.39, 0.29) is 11.7 Å². The van der Waals surface area contributed by atoms with Crippen molar-refractivity contribution in [3.8, 4) is 0 Å². The molecule has 1 N–H and O–H groups in total. The van der Waals surface area contributed by atoms with Gasteiger partial charge in [-0.3, -0.25) is 9.97 Å². The summed E-state index contributed by atoms with van der Waals surface area (Å²) in [5.41, 5.74) is 1.59. The summed E-state index contributed by atoms with van der Waals surface area (Å²) < 4.78 is 26.5. The zero-order valence-corrected chi connectivity index (χ0v) is 10.1. The number of rotatable bonds is 3. The number of benzene rings is 1. The highest BCUT2D eigenvalue weighted by atomic mass is 19.1. The standard InChI is InChI=1S/C13H13F2N3/c1-8-13(17-6-5-16-8)9(2)18-12-7-10(14)3-4-11(12)15/h3-7,9,18H,1-2H3. The molecule has 94 valence electrons. The van der Waals surface area contributed by atoms with Gasteiger partial charge in [0.1, 0.15) is 11.6 Å². The van der Waals surface area contributed by atoms with Crippen molar-refractivity contribution < 1.29 is 8.78 Å². The Morgan fingerprint density at radius 2 is 1.89 bits per heavy atom. The van der Waals surface area contributed by atoms with Gasteiger partial charge in [-0.05, 0) is 32.0 Å². The van der Waals surface area contributed by atoms with Crippen molar-refractivity contribution >= 4 is 5.69 Å². The van der Waals surface area contributed by atoms with E-state index in [9.17, 15) is 8.78 Å². The molecule has 3 nitrogen and oxygen atoms in total. The van der Waals surface area contributed by atoms with Gasteiger partial charge in [0.15, 0.2) is 0 Å². The van der Waals surface area contributed by atoms with Gasteiger partial charge in [0.25, 0.3) is 0 Å². The summed E-state index contributed by atoms with van der Waals surface area (Å²) in [6.07, 6.45) is 3.16. The number of nitrogens with zero attached hydrogens (tertiary/aromatic N) is 2. The number of halogens is 2. The van der Waals surface area contributed by atoms with E-state index >= 15 is 0 Å². The van der Waals surface area contributed by atoms with E-state index in [0.29, 0.717) is 5.69 Å². The van der Waals surface area contributed by atoms with E-state index in [4.69, 9.17) is 0 Å². The quantitative estimate of drug-likeness (QED) is 0.907. The second-order valence-corrected chi connectivity index (χ2v) is 4.02. The van der Waals surface area contributed by atoms with Crippen LogP contribution in [-0.4, -0.2) is 9.97 Å². The van der Waals surface area contributed by atoms with Gasteiger partial charge in [0.05, 0.1) is 23.1 Å². The second-order valence-electron chi connectivity index (χ2n) is 4.02. The van der Waals surface area contributed by atoms with Gasteiger partial charge in [-0.2, -0.15) is 0 Å². The molecule has 1 unspecified atom stereocenters. The van der Waals surface area contributed by atoms with Gasteiger partial charge in [0, 0.05) is 12.4 Å². The van der Waals surface area contributed by atoms with Crippen molar-refractivity contribution in [3.05, 3.63) is 53.6 Å². The molecule has 0 saturated heterocycles. The van der Waals surface area contributed by atoms with Crippen molar-refractivity contribution in [2.45, 2.75) is 19.9 Å². The monoisotopic (exact) mass is 249 g/mol. The lowest BCUT2D eigenvalue weighted by atomic mass is 10.1. The molecule has 0 fully saturated rings. The fraction of sp³-hybridized carbons (Fsp3) is 0.231. The van der Waals surface area contributed by atoms with Gasteiger partial charge in [0.2, 0.25) is 0 Å². The van der Waals surface area contributed by atoms with Crippen LogP contribution in [0.15, 0.2) is 30.6 Å². The minimum Gasteiger partial charge on any atom is -0.374 e. The summed E-state index contributed by atoms with van der Waals surface area (Å²) in [7, 11) is 0. The van der Waals surface area contributed by atoms with Gasteiger partial charge in [-0.1, -0.05) is 0 Å². The largest absolute Gasteiger partial charge is 0.374 e. The average molecular weight is 249 g/mol. The summed E-state index contributed by atoms with van der Waals surface area (Å²) in [5, 5.41) is 2.89. The van der Waals surface area contributed by atoms with Crippen molar-refractivity contribution in [1.82, 2.24) is 9.97 Å². The third kappa shape index (κ3) is 2.61. The Kier molecular flexibility index (Phi) is 3.50. The van der Waals surface area contributed by atoms with Gasteiger partial charge >= 0.3 is 0 Å². The van der Waals surface area contributed by atoms with Crippen molar-refractivity contribution in [1.29, 1.82) is 0 Å². The SMILES string of the molecule is Cc1nccnc1C(C)Nc1cc(F)ccc1F. The molecule has 0 aliphatic heterocycles. The van der Waals surface area contributed by atoms with Crippen LogP contribution >= 0.6 is 0 Å². The van der Waals surface area contributed by atoms with Crippen LogP contribution in [0, 0.1) is 18.6 Å². The van der Waals surface area contributed by atoms with E-state index in [0.717, 1.165) is 23.9 Å². The van der Waals surface area contributed by atoms with Crippen LogP contribution in [0.25, 0.3) is 0 Å². The van der Waals surface area contributed by atoms with E-state index < -0.39 is 11.6 Å². The molecule has 2 rings (SSSR count). The van der Waals surface area contributed by atoms with Crippen LogP contribution in [0.3, 0.4) is 0 Å². The lowest BCUT2D eigenvalue weighted by Gasteiger charge is -2.16. The number of aromatic nitrogens is 2. The van der Waals surface area contributed by atoms with Crippen molar-refractivity contribution in [2.75, 3.05) is 5.32 Å². The number of hydrogen-bond donors (Lipinski definition) is 1. The molecule has 2 aromatic rings. The number of aryl methyl sites for hydroxylation is 1. The zero-order chi connectivity index (χ0) is 13.1. The maximum absolute atomic E-state index is 13.5. The normalized spacial score (nSPS) is 12.2. The molecule has 0 aliphatic rings. The maximum Gasteiger partial charge on any atom is 0.146 e. The smallest absolute Gasteiger partial charge is 0.146 e. The third-order valence-corrected chi connectivity index (χ3v) is 2.63. The van der Waals surface area contributed by atoms with Crippen LogP contribution in [0.1, 0.15) is 24.4 Å². The van der Waals surface area contributed by atoms with Crippen LogP contribution in [-0.2, 0) is 0 Å². The van der Waals surface area contributed by atoms with Crippen LogP contribution in [0.4, 0.5) is 14.5 Å². The highest BCUT2D eigenvalue weighted by Gasteiger charge is 2.12. The highest BCUT2D eigenvalue weighted by molar-refractivity contribution is 5.46. The Bertz CT molecular complexity index is 558. The fourth-order valence-corrected chi connectivity index (χ4v) is 1.75. The summed E-state index contributed by atoms with van der Waals surface area (Å²) >= 11 is 0. The third-order valence-electron chi connectivity index (χ3n) is 2.63. The summed E-state index contributed by atoms with van der Waals surface area (Å²) in [4.78, 5) is 8.30. The maximum atomic E-state index is 13.5. The Labute approximate surface area is 104 Å². The van der Waals surface area contributed by atoms with E-state index in [2.05, 4.69) is 15.3 Å². The lowest BCUT2D eigenvalue weighted by molar-refractivity contribution is 0.600. The minimum absolute atomic E-state index is 0.118. The lowest BCUT2D eigenvalue weighted by Crippen LogP contribution is -2.12. The first-order valence-electron chi connectivity index (χ1n) is 5.57. The fourth-order valence-electron chi connectivity index (χ4n) is 1.75. The molecule has 0 amide bonds. The van der Waals surface area contributed by atoms with E-state index in [1.807, 2.05) is 13.8 Å². The van der Waals surface area contributed by atoms with Gasteiger partial charge < -0.3 is 5.32 Å². The van der Waals surface area contributed by atoms with Crippen molar-refractivity contribution in [2.24, 2.45) is 0 Å². The second kappa shape index (κ2) is 5.08. The van der Waals surface area contributed by atoms with Crippen molar-refractivity contribution in [3.63, 3.8) is 0 Å². The Morgan fingerprint density at radius 3 is 2.61 bits per heavy atom. The van der Waals surface area contributed by atoms with Crippen LogP contribution < -0.4 is 5.32 Å². The molecule has 1 heterocycles. The van der Waals surface area contributed by atoms with E-state index in [1.165, 1.54) is 0 Å². The van der Waals surface area contributed by atoms with Gasteiger partial charge in [-0.15, -0.1) is 0 Å². The molecule has 0 aliphatic carbocycles. The number of hydrogen-bond acceptors (Lipinski definition) is 3.